The lowest BCUT2D eigenvalue weighted by molar-refractivity contribution is -0.134. The Balaban J connectivity index is 1.84. The van der Waals surface area contributed by atoms with E-state index in [1.807, 2.05) is 11.1 Å². The van der Waals surface area contributed by atoms with Crippen LogP contribution in [0.25, 0.3) is 0 Å². The van der Waals surface area contributed by atoms with Crippen LogP contribution in [-0.4, -0.2) is 62.4 Å². The van der Waals surface area contributed by atoms with Crippen LogP contribution in [0.5, 0.6) is 0 Å². The summed E-state index contributed by atoms with van der Waals surface area (Å²) in [5.74, 6) is 0.681. The van der Waals surface area contributed by atoms with E-state index in [-0.39, 0.29) is 11.4 Å². The molecule has 22 heavy (non-hydrogen) atoms. The van der Waals surface area contributed by atoms with Crippen molar-refractivity contribution in [1.82, 2.24) is 24.8 Å². The molecular formula is C16H29N5O. The Kier molecular flexibility index (Phi) is 5.21. The smallest absolute Gasteiger partial charge is 0.244 e. The van der Waals surface area contributed by atoms with Crippen LogP contribution in [0.15, 0.2) is 6.20 Å². The summed E-state index contributed by atoms with van der Waals surface area (Å²) in [6, 6.07) is 0. The molecule has 1 aromatic heterocycles. The molecule has 1 aliphatic heterocycles. The maximum absolute atomic E-state index is 12.4. The second-order valence-corrected chi connectivity index (χ2v) is 7.54. The van der Waals surface area contributed by atoms with Gasteiger partial charge in [0.15, 0.2) is 0 Å². The highest BCUT2D eigenvalue weighted by Gasteiger charge is 2.27. The van der Waals surface area contributed by atoms with E-state index in [1.165, 1.54) is 0 Å². The van der Waals surface area contributed by atoms with E-state index in [9.17, 15) is 4.79 Å². The molecule has 0 spiro atoms. The van der Waals surface area contributed by atoms with Crippen molar-refractivity contribution in [2.24, 2.45) is 5.92 Å². The first-order valence-corrected chi connectivity index (χ1v) is 8.17. The molecule has 1 fully saturated rings. The van der Waals surface area contributed by atoms with Gasteiger partial charge in [-0.3, -0.25) is 9.69 Å². The van der Waals surface area contributed by atoms with Crippen LogP contribution < -0.4 is 0 Å². The largest absolute Gasteiger partial charge is 0.339 e. The molecule has 6 heteroatoms. The lowest BCUT2D eigenvalue weighted by Crippen LogP contribution is -2.55. The van der Waals surface area contributed by atoms with Gasteiger partial charge in [0.05, 0.1) is 5.69 Å². The summed E-state index contributed by atoms with van der Waals surface area (Å²) < 4.78 is 1.66. The summed E-state index contributed by atoms with van der Waals surface area (Å²) in [7, 11) is 0. The number of rotatable bonds is 4. The molecule has 0 radical (unpaired) electrons. The van der Waals surface area contributed by atoms with E-state index in [4.69, 9.17) is 0 Å². The molecule has 2 rings (SSSR count). The normalized spacial score (nSPS) is 17.3. The first-order chi connectivity index (χ1) is 10.3. The number of carbonyl (C=O) groups is 1. The van der Waals surface area contributed by atoms with Gasteiger partial charge in [-0.2, -0.15) is 0 Å². The zero-order valence-electron chi connectivity index (χ0n) is 14.5. The fourth-order valence-corrected chi connectivity index (χ4v) is 2.79. The van der Waals surface area contributed by atoms with Gasteiger partial charge in [0, 0.05) is 37.9 Å². The van der Waals surface area contributed by atoms with Gasteiger partial charge in [-0.05, 0) is 33.1 Å². The predicted octanol–water partition coefficient (Wildman–Crippen LogP) is 1.42. The maximum Gasteiger partial charge on any atom is 0.244 e. The van der Waals surface area contributed by atoms with Crippen molar-refractivity contribution >= 4 is 5.91 Å². The third-order valence-electron chi connectivity index (χ3n) is 4.08. The van der Waals surface area contributed by atoms with Gasteiger partial charge in [0.25, 0.3) is 0 Å². The minimum absolute atomic E-state index is 0.134. The number of hydrogen-bond acceptors (Lipinski definition) is 4. The standard InChI is InChI=1S/C16H29N5O/c1-13(2)10-14-11-21(18-17-14)12-15(22)19-6-8-20(9-7-19)16(3,4)5/h11,13H,6-10,12H2,1-5H3. The van der Waals surface area contributed by atoms with Gasteiger partial charge in [0.2, 0.25) is 5.91 Å². The highest BCUT2D eigenvalue weighted by atomic mass is 16.2. The molecule has 0 aliphatic carbocycles. The Morgan fingerprint density at radius 1 is 1.23 bits per heavy atom. The van der Waals surface area contributed by atoms with E-state index in [0.29, 0.717) is 12.5 Å². The number of hydrogen-bond donors (Lipinski definition) is 0. The number of carbonyl (C=O) groups excluding carboxylic acids is 1. The molecule has 2 heterocycles. The lowest BCUT2D eigenvalue weighted by Gasteiger charge is -2.42. The Bertz CT molecular complexity index is 495. The predicted molar refractivity (Wildman–Crippen MR) is 86.5 cm³/mol. The minimum Gasteiger partial charge on any atom is -0.339 e. The van der Waals surface area contributed by atoms with Crippen molar-refractivity contribution < 1.29 is 4.79 Å². The molecule has 0 unspecified atom stereocenters. The van der Waals surface area contributed by atoms with E-state index < -0.39 is 0 Å². The molecule has 1 aliphatic rings. The second-order valence-electron chi connectivity index (χ2n) is 7.54. The summed E-state index contributed by atoms with van der Waals surface area (Å²) in [5.41, 5.74) is 1.13. The molecule has 1 amide bonds. The average molecular weight is 307 g/mol. The first kappa shape index (κ1) is 16.9. The van der Waals surface area contributed by atoms with Gasteiger partial charge in [0.1, 0.15) is 6.54 Å². The number of nitrogens with zero attached hydrogens (tertiary/aromatic N) is 5. The van der Waals surface area contributed by atoms with Gasteiger partial charge in [-0.25, -0.2) is 4.68 Å². The zero-order valence-corrected chi connectivity index (χ0v) is 14.5. The Morgan fingerprint density at radius 3 is 2.41 bits per heavy atom. The molecule has 0 atom stereocenters. The highest BCUT2D eigenvalue weighted by Crippen LogP contribution is 2.16. The highest BCUT2D eigenvalue weighted by molar-refractivity contribution is 5.76. The monoisotopic (exact) mass is 307 g/mol. The summed E-state index contributed by atoms with van der Waals surface area (Å²) in [6.45, 7) is 14.7. The van der Waals surface area contributed by atoms with Crippen LogP contribution in [0, 0.1) is 5.92 Å². The lowest BCUT2D eigenvalue weighted by atomic mass is 10.1. The van der Waals surface area contributed by atoms with E-state index in [2.05, 4.69) is 49.8 Å². The zero-order chi connectivity index (χ0) is 16.3. The van der Waals surface area contributed by atoms with Crippen molar-refractivity contribution in [3.05, 3.63) is 11.9 Å². The van der Waals surface area contributed by atoms with E-state index in [0.717, 1.165) is 38.3 Å². The van der Waals surface area contributed by atoms with Crippen LogP contribution in [-0.2, 0) is 17.8 Å². The fraction of sp³-hybridized carbons (Fsp3) is 0.812. The van der Waals surface area contributed by atoms with Crippen molar-refractivity contribution in [1.29, 1.82) is 0 Å². The number of piperazine rings is 1. The van der Waals surface area contributed by atoms with Crippen LogP contribution in [0.1, 0.15) is 40.3 Å². The molecule has 0 aromatic carbocycles. The average Bonchev–Trinajstić information content (AvgIpc) is 2.84. The molecule has 124 valence electrons. The van der Waals surface area contributed by atoms with E-state index >= 15 is 0 Å². The SMILES string of the molecule is CC(C)Cc1cn(CC(=O)N2CCN(C(C)(C)C)CC2)nn1. The molecule has 1 saturated heterocycles. The van der Waals surface area contributed by atoms with Crippen molar-refractivity contribution in [2.75, 3.05) is 26.2 Å². The molecular weight excluding hydrogens is 278 g/mol. The van der Waals surface area contributed by atoms with Crippen LogP contribution in [0.2, 0.25) is 0 Å². The van der Waals surface area contributed by atoms with E-state index in [1.54, 1.807) is 4.68 Å². The molecule has 0 N–H and O–H groups in total. The summed E-state index contributed by atoms with van der Waals surface area (Å²) in [5, 5.41) is 8.20. The topological polar surface area (TPSA) is 54.3 Å². The first-order valence-electron chi connectivity index (χ1n) is 8.17. The van der Waals surface area contributed by atoms with Crippen molar-refractivity contribution in [2.45, 2.75) is 53.1 Å². The van der Waals surface area contributed by atoms with Gasteiger partial charge >= 0.3 is 0 Å². The molecule has 0 saturated carbocycles. The van der Waals surface area contributed by atoms with Gasteiger partial charge in [-0.1, -0.05) is 19.1 Å². The quantitative estimate of drug-likeness (QED) is 0.844. The Morgan fingerprint density at radius 2 is 1.86 bits per heavy atom. The Hall–Kier alpha value is -1.43. The maximum atomic E-state index is 12.4. The summed E-state index contributed by atoms with van der Waals surface area (Å²) >= 11 is 0. The van der Waals surface area contributed by atoms with Crippen molar-refractivity contribution in [3.63, 3.8) is 0 Å². The van der Waals surface area contributed by atoms with Crippen LogP contribution >= 0.6 is 0 Å². The molecule has 0 bridgehead atoms. The number of amides is 1. The van der Waals surface area contributed by atoms with Crippen LogP contribution in [0.3, 0.4) is 0 Å². The van der Waals surface area contributed by atoms with Crippen LogP contribution in [0.4, 0.5) is 0 Å². The van der Waals surface area contributed by atoms with Gasteiger partial charge in [-0.15, -0.1) is 5.10 Å². The van der Waals surface area contributed by atoms with Crippen molar-refractivity contribution in [3.8, 4) is 0 Å². The number of aromatic nitrogens is 3. The Labute approximate surface area is 133 Å². The third kappa shape index (κ3) is 4.53. The molecule has 1 aromatic rings. The third-order valence-corrected chi connectivity index (χ3v) is 4.08. The summed E-state index contributed by atoms with van der Waals surface area (Å²) in [4.78, 5) is 16.7. The second kappa shape index (κ2) is 6.77. The van der Waals surface area contributed by atoms with Gasteiger partial charge < -0.3 is 4.90 Å². The fourth-order valence-electron chi connectivity index (χ4n) is 2.79. The summed E-state index contributed by atoms with van der Waals surface area (Å²) in [6.07, 6.45) is 2.79. The molecule has 6 nitrogen and oxygen atoms in total. The minimum atomic E-state index is 0.134.